The number of thioether (sulfide) groups is 1. The lowest BCUT2D eigenvalue weighted by Crippen LogP contribution is -1.83. The van der Waals surface area contributed by atoms with E-state index in [1.54, 1.807) is 6.92 Å². The van der Waals surface area contributed by atoms with Crippen LogP contribution in [0.1, 0.15) is 18.2 Å². The quantitative estimate of drug-likeness (QED) is 0.635. The van der Waals surface area contributed by atoms with Crippen LogP contribution in [-0.4, -0.2) is 10.1 Å². The summed E-state index contributed by atoms with van der Waals surface area (Å²) >= 11 is 1.25. The van der Waals surface area contributed by atoms with E-state index in [2.05, 4.69) is 17.1 Å². The molecular weight excluding hydrogens is 290 g/mol. The monoisotopic (exact) mass is 305 g/mol. The Bertz CT molecular complexity index is 837. The zero-order chi connectivity index (χ0) is 15.4. The van der Waals surface area contributed by atoms with Crippen LogP contribution in [0, 0.1) is 0 Å². The third-order valence-electron chi connectivity index (χ3n) is 3.21. The lowest BCUT2D eigenvalue weighted by Gasteiger charge is -2.00. The van der Waals surface area contributed by atoms with E-state index in [1.165, 1.54) is 11.8 Å². The van der Waals surface area contributed by atoms with Gasteiger partial charge in [-0.3, -0.25) is 4.79 Å². The van der Waals surface area contributed by atoms with Gasteiger partial charge in [0, 0.05) is 17.2 Å². The molecule has 2 aromatic carbocycles. The summed E-state index contributed by atoms with van der Waals surface area (Å²) in [7, 11) is 0. The van der Waals surface area contributed by atoms with Crippen molar-refractivity contribution < 1.29 is 4.79 Å². The Morgan fingerprint density at radius 2 is 1.73 bits per heavy atom. The molecular formula is C19H15NOS. The van der Waals surface area contributed by atoms with Crippen molar-refractivity contribution in [3.05, 3.63) is 71.9 Å². The number of pyridine rings is 1. The molecule has 22 heavy (non-hydrogen) atoms. The van der Waals surface area contributed by atoms with Crippen molar-refractivity contribution >= 4 is 39.9 Å². The highest BCUT2D eigenvalue weighted by atomic mass is 32.2. The number of carbonyl (C=O) groups is 1. The average Bonchev–Trinajstić information content (AvgIpc) is 2.53. The Labute approximate surface area is 133 Å². The molecule has 1 heterocycles. The van der Waals surface area contributed by atoms with Crippen LogP contribution < -0.4 is 0 Å². The Hall–Kier alpha value is -2.39. The third kappa shape index (κ3) is 3.62. The maximum Gasteiger partial charge on any atom is 0.190 e. The molecule has 0 saturated carbocycles. The average molecular weight is 305 g/mol. The van der Waals surface area contributed by atoms with Gasteiger partial charge in [-0.25, -0.2) is 4.98 Å². The highest BCUT2D eigenvalue weighted by Gasteiger charge is 1.98. The van der Waals surface area contributed by atoms with Gasteiger partial charge >= 0.3 is 0 Å². The van der Waals surface area contributed by atoms with Crippen LogP contribution in [0.25, 0.3) is 23.1 Å². The minimum Gasteiger partial charge on any atom is -0.287 e. The SMILES string of the molecule is CC(=O)Sc1ccc(/C=C/c2ccc3ccccc3n2)cc1. The zero-order valence-electron chi connectivity index (χ0n) is 12.2. The Balaban J connectivity index is 1.78. The minimum absolute atomic E-state index is 0.101. The Morgan fingerprint density at radius 3 is 2.50 bits per heavy atom. The van der Waals surface area contributed by atoms with Gasteiger partial charge in [0.15, 0.2) is 5.12 Å². The lowest BCUT2D eigenvalue weighted by molar-refractivity contribution is -0.109. The summed E-state index contributed by atoms with van der Waals surface area (Å²) in [6.07, 6.45) is 4.03. The Morgan fingerprint density at radius 1 is 0.955 bits per heavy atom. The summed E-state index contributed by atoms with van der Waals surface area (Å²) in [5.74, 6) is 0. The summed E-state index contributed by atoms with van der Waals surface area (Å²) < 4.78 is 0. The van der Waals surface area contributed by atoms with Gasteiger partial charge in [0.05, 0.1) is 11.2 Å². The number of aromatic nitrogens is 1. The summed E-state index contributed by atoms with van der Waals surface area (Å²) in [4.78, 5) is 16.6. The van der Waals surface area contributed by atoms with E-state index >= 15 is 0 Å². The number of fused-ring (bicyclic) bond motifs is 1. The first kappa shape index (κ1) is 14.5. The van der Waals surface area contributed by atoms with Crippen LogP contribution in [0.5, 0.6) is 0 Å². The van der Waals surface area contributed by atoms with Crippen LogP contribution in [0.4, 0.5) is 0 Å². The fraction of sp³-hybridized carbons (Fsp3) is 0.0526. The summed E-state index contributed by atoms with van der Waals surface area (Å²) in [5.41, 5.74) is 3.02. The van der Waals surface area contributed by atoms with E-state index in [-0.39, 0.29) is 5.12 Å². The van der Waals surface area contributed by atoms with Gasteiger partial charge in [0.2, 0.25) is 0 Å². The van der Waals surface area contributed by atoms with E-state index in [0.717, 1.165) is 27.1 Å². The Kier molecular flexibility index (Phi) is 4.35. The molecule has 0 aliphatic rings. The molecule has 0 saturated heterocycles. The number of hydrogen-bond donors (Lipinski definition) is 0. The van der Waals surface area contributed by atoms with E-state index < -0.39 is 0 Å². The molecule has 3 rings (SSSR count). The molecule has 1 aromatic heterocycles. The molecule has 108 valence electrons. The lowest BCUT2D eigenvalue weighted by atomic mass is 10.1. The van der Waals surface area contributed by atoms with Crippen LogP contribution in [0.3, 0.4) is 0 Å². The minimum atomic E-state index is 0.101. The van der Waals surface area contributed by atoms with E-state index in [4.69, 9.17) is 0 Å². The molecule has 0 aliphatic carbocycles. The van der Waals surface area contributed by atoms with Gasteiger partial charge in [0.1, 0.15) is 0 Å². The van der Waals surface area contributed by atoms with Gasteiger partial charge in [-0.05, 0) is 35.9 Å². The molecule has 0 aliphatic heterocycles. The van der Waals surface area contributed by atoms with Crippen molar-refractivity contribution in [3.63, 3.8) is 0 Å². The summed E-state index contributed by atoms with van der Waals surface area (Å²) in [6, 6.07) is 20.1. The van der Waals surface area contributed by atoms with Gasteiger partial charge in [-0.15, -0.1) is 0 Å². The third-order valence-corrected chi connectivity index (χ3v) is 4.00. The number of benzene rings is 2. The molecule has 2 nitrogen and oxygen atoms in total. The molecule has 0 spiro atoms. The second kappa shape index (κ2) is 6.58. The number of hydrogen-bond acceptors (Lipinski definition) is 3. The van der Waals surface area contributed by atoms with Gasteiger partial charge in [-0.1, -0.05) is 54.2 Å². The van der Waals surface area contributed by atoms with Crippen LogP contribution in [0.2, 0.25) is 0 Å². The molecule has 0 atom stereocenters. The number of para-hydroxylation sites is 1. The topological polar surface area (TPSA) is 30.0 Å². The highest BCUT2D eigenvalue weighted by Crippen LogP contribution is 2.20. The fourth-order valence-corrected chi connectivity index (χ4v) is 2.77. The molecule has 0 bridgehead atoms. The van der Waals surface area contributed by atoms with E-state index in [9.17, 15) is 4.79 Å². The van der Waals surface area contributed by atoms with Crippen LogP contribution >= 0.6 is 11.8 Å². The fourth-order valence-electron chi connectivity index (χ4n) is 2.17. The predicted molar refractivity (Wildman–Crippen MR) is 93.7 cm³/mol. The summed E-state index contributed by atoms with van der Waals surface area (Å²) in [6.45, 7) is 1.57. The first-order chi connectivity index (χ1) is 10.7. The molecule has 0 N–H and O–H groups in total. The highest BCUT2D eigenvalue weighted by molar-refractivity contribution is 8.13. The van der Waals surface area contributed by atoms with Gasteiger partial charge in [0.25, 0.3) is 0 Å². The molecule has 0 radical (unpaired) electrons. The van der Waals surface area contributed by atoms with Crippen molar-refractivity contribution in [3.8, 4) is 0 Å². The number of carbonyl (C=O) groups excluding carboxylic acids is 1. The molecule has 0 fully saturated rings. The molecule has 3 aromatic rings. The second-order valence-corrected chi connectivity index (χ2v) is 6.18. The first-order valence-corrected chi connectivity index (χ1v) is 7.85. The molecule has 0 amide bonds. The van der Waals surface area contributed by atoms with Crippen molar-refractivity contribution in [1.29, 1.82) is 0 Å². The van der Waals surface area contributed by atoms with Crippen LogP contribution in [0.15, 0.2) is 65.6 Å². The van der Waals surface area contributed by atoms with Crippen LogP contribution in [-0.2, 0) is 4.79 Å². The molecule has 3 heteroatoms. The number of nitrogens with zero attached hydrogens (tertiary/aromatic N) is 1. The largest absolute Gasteiger partial charge is 0.287 e. The van der Waals surface area contributed by atoms with Gasteiger partial charge in [-0.2, -0.15) is 0 Å². The second-order valence-electron chi connectivity index (χ2n) is 4.92. The van der Waals surface area contributed by atoms with E-state index in [1.807, 2.05) is 60.7 Å². The maximum atomic E-state index is 11.1. The van der Waals surface area contributed by atoms with Crippen molar-refractivity contribution in [2.45, 2.75) is 11.8 Å². The number of rotatable bonds is 3. The van der Waals surface area contributed by atoms with Gasteiger partial charge < -0.3 is 0 Å². The first-order valence-electron chi connectivity index (χ1n) is 7.03. The maximum absolute atomic E-state index is 11.1. The molecule has 0 unspecified atom stereocenters. The zero-order valence-corrected chi connectivity index (χ0v) is 13.0. The summed E-state index contributed by atoms with van der Waals surface area (Å²) in [5, 5.41) is 1.24. The standard InChI is InChI=1S/C19H15NOS/c1-14(21)22-18-12-7-15(8-13-18)6-10-17-11-9-16-4-2-3-5-19(16)20-17/h2-13H,1H3/b10-6+. The van der Waals surface area contributed by atoms with Crippen molar-refractivity contribution in [1.82, 2.24) is 4.98 Å². The van der Waals surface area contributed by atoms with Crippen molar-refractivity contribution in [2.75, 3.05) is 0 Å². The van der Waals surface area contributed by atoms with Crippen molar-refractivity contribution in [2.24, 2.45) is 0 Å². The predicted octanol–water partition coefficient (Wildman–Crippen LogP) is 5.04. The van der Waals surface area contributed by atoms with E-state index in [0.29, 0.717) is 0 Å². The normalized spacial score (nSPS) is 11.1. The smallest absolute Gasteiger partial charge is 0.190 e.